The number of anilines is 2. The molecule has 0 aliphatic carbocycles. The van der Waals surface area contributed by atoms with Gasteiger partial charge in [0.2, 0.25) is 11.2 Å². The Morgan fingerprint density at radius 1 is 0.613 bits per heavy atom. The van der Waals surface area contributed by atoms with Crippen LogP contribution in [0.5, 0.6) is 17.2 Å². The van der Waals surface area contributed by atoms with Crippen LogP contribution in [0.15, 0.2) is 194 Å². The number of carboxylic acids is 2. The summed E-state index contributed by atoms with van der Waals surface area (Å²) in [7, 11) is 8.19. The second-order valence-electron chi connectivity index (χ2n) is 19.8. The number of rotatable bonds is 10. The van der Waals surface area contributed by atoms with Gasteiger partial charge in [0.25, 0.3) is 5.17 Å². The van der Waals surface area contributed by atoms with E-state index in [4.69, 9.17) is 17.0 Å². The van der Waals surface area contributed by atoms with E-state index in [2.05, 4.69) is 159 Å². The molecule has 0 amide bonds. The maximum atomic E-state index is 12.9. The van der Waals surface area contributed by atoms with Crippen LogP contribution in [0.3, 0.4) is 0 Å². The van der Waals surface area contributed by atoms with Crippen molar-refractivity contribution in [1.82, 2.24) is 4.57 Å². The molecule has 0 fully saturated rings. The zero-order chi connectivity index (χ0) is 56.8. The van der Waals surface area contributed by atoms with Crippen molar-refractivity contribution in [2.24, 2.45) is 7.05 Å². The van der Waals surface area contributed by atoms with E-state index in [0.717, 1.165) is 16.8 Å². The van der Waals surface area contributed by atoms with Crippen molar-refractivity contribution in [2.75, 3.05) is 30.9 Å². The third kappa shape index (κ3) is 11.9. The van der Waals surface area contributed by atoms with Crippen LogP contribution < -0.4 is 24.2 Å². The average molecular weight is 1080 g/mol. The summed E-state index contributed by atoms with van der Waals surface area (Å²) >= 11 is 5.41. The van der Waals surface area contributed by atoms with Crippen molar-refractivity contribution < 1.29 is 39.3 Å². The first-order valence-electron chi connectivity index (χ1n) is 25.9. The summed E-state index contributed by atoms with van der Waals surface area (Å²) in [5.74, 6) is -2.96. The molecule has 12 heteroatoms. The number of aromatic nitrogens is 2. The van der Waals surface area contributed by atoms with Gasteiger partial charge in [-0.15, -0.1) is 0 Å². The Kier molecular flexibility index (Phi) is 16.4. The van der Waals surface area contributed by atoms with Gasteiger partial charge in [-0.2, -0.15) is 4.57 Å². The molecular weight excluding hydrogens is 1020 g/mol. The van der Waals surface area contributed by atoms with E-state index in [1.165, 1.54) is 68.0 Å². The van der Waals surface area contributed by atoms with Gasteiger partial charge >= 0.3 is 11.9 Å². The minimum atomic E-state index is -1.34. The van der Waals surface area contributed by atoms with Crippen LogP contribution in [-0.2, 0) is 13.5 Å². The van der Waals surface area contributed by atoms with Gasteiger partial charge in [0.1, 0.15) is 24.1 Å². The molecule has 2 heterocycles. The van der Waals surface area contributed by atoms with Crippen molar-refractivity contribution >= 4 is 96.1 Å². The Bertz CT molecular complexity index is 4090. The van der Waals surface area contributed by atoms with Crippen LogP contribution in [0.4, 0.5) is 11.4 Å². The number of carboxylic acid groups (broad SMARTS) is 2. The molecule has 0 atom stereocenters. The number of benzene rings is 9. The third-order valence-electron chi connectivity index (χ3n) is 14.3. The van der Waals surface area contributed by atoms with Crippen molar-refractivity contribution in [1.29, 1.82) is 0 Å². The Hall–Kier alpha value is -9.78. The molecule has 0 aliphatic heterocycles. The largest absolute Gasteiger partial charge is 0.872 e. The summed E-state index contributed by atoms with van der Waals surface area (Å²) in [4.78, 5) is 27.2. The zero-order valence-electron chi connectivity index (χ0n) is 45.5. The fraction of sp³-hybridized carbons (Fsp3) is 0.118. The molecule has 0 bridgehead atoms. The number of para-hydroxylation sites is 1. The number of nitrogens with zero attached hydrogens (tertiary/aromatic N) is 4. The molecule has 0 saturated heterocycles. The summed E-state index contributed by atoms with van der Waals surface area (Å²) in [6.07, 6.45) is 4.32. The number of thiocarbonyl (C=S) groups is 1. The summed E-state index contributed by atoms with van der Waals surface area (Å²) in [5.41, 5.74) is 10.6. The topological polar surface area (TPSA) is 142 Å². The normalized spacial score (nSPS) is 11.0. The lowest BCUT2D eigenvalue weighted by atomic mass is 9.90. The van der Waals surface area contributed by atoms with E-state index in [1.54, 1.807) is 48.5 Å². The fourth-order valence-electron chi connectivity index (χ4n) is 9.97. The first kappa shape index (κ1) is 55.0. The Balaban J connectivity index is 0.000000147. The van der Waals surface area contributed by atoms with E-state index in [-0.39, 0.29) is 28.7 Å². The first-order chi connectivity index (χ1) is 38.5. The average Bonchev–Trinajstić information content (AvgIpc) is 3.75. The van der Waals surface area contributed by atoms with Crippen LogP contribution in [0.2, 0.25) is 0 Å². The lowest BCUT2D eigenvalue weighted by Gasteiger charge is -2.21. The smallest absolute Gasteiger partial charge is 0.339 e. The van der Waals surface area contributed by atoms with E-state index >= 15 is 0 Å². The van der Waals surface area contributed by atoms with E-state index in [1.807, 2.05) is 54.4 Å². The van der Waals surface area contributed by atoms with Gasteiger partial charge in [0.15, 0.2) is 0 Å². The molecule has 0 aliphatic rings. The van der Waals surface area contributed by atoms with Crippen LogP contribution >= 0.6 is 12.2 Å². The molecule has 80 heavy (non-hydrogen) atoms. The minimum Gasteiger partial charge on any atom is -0.872 e. The van der Waals surface area contributed by atoms with Crippen LogP contribution in [0.1, 0.15) is 60.1 Å². The number of carbonyl (C=O) groups is 2. The third-order valence-corrected chi connectivity index (χ3v) is 14.6. The summed E-state index contributed by atoms with van der Waals surface area (Å²) in [6, 6.07) is 62.6. The molecule has 9 aromatic carbocycles. The number of hydrogen-bond donors (Lipinski definition) is 3. The maximum absolute atomic E-state index is 12.9. The summed E-state index contributed by atoms with van der Waals surface area (Å²) in [5, 5.41) is 48.8. The van der Waals surface area contributed by atoms with Crippen molar-refractivity contribution in [2.45, 2.75) is 27.2 Å². The lowest BCUT2D eigenvalue weighted by molar-refractivity contribution is -0.646. The van der Waals surface area contributed by atoms with Gasteiger partial charge in [-0.3, -0.25) is 0 Å². The lowest BCUT2D eigenvalue weighted by Crippen LogP contribution is -2.32. The molecule has 0 saturated carbocycles. The van der Waals surface area contributed by atoms with Crippen molar-refractivity contribution in [3.8, 4) is 22.9 Å². The van der Waals surface area contributed by atoms with Gasteiger partial charge < -0.3 is 39.5 Å². The monoisotopic (exact) mass is 1080 g/mol. The Labute approximate surface area is 470 Å². The van der Waals surface area contributed by atoms with Crippen LogP contribution in [-0.4, -0.2) is 58.1 Å². The van der Waals surface area contributed by atoms with Gasteiger partial charge in [0, 0.05) is 85.2 Å². The number of aryl methyl sites for hydroxylation is 3. The highest BCUT2D eigenvalue weighted by Gasteiger charge is 2.21. The standard InChI is InChI=1S/C26H28N3.C23H16O6.C19H17NOS/c1-19-17-21(20(2)29(19)24-9-7-6-8-10-24)11-13-23-14-12-22-18-25(27(3)4)15-16-26(22)28(23)5;24-20-16(14-7-3-1-5-12(14)9-18(20)22(26)27)11-17-15-8-4-2-6-13(15)10-19(21(17)25)23(28)29;1-14-6-5-9-17(12-14)20(2)19(22)21-18-11-10-15-7-3-4-8-16(15)13-18/h6-18H,1-5H3;1-10,24-25H,11H2,(H,26,27)(H,28,29);3-13H,1-2H3/q+1;;/p-1. The quantitative estimate of drug-likeness (QED) is 0.0895. The number of ether oxygens (including phenoxy) is 1. The van der Waals surface area contributed by atoms with Crippen molar-refractivity contribution in [3.05, 3.63) is 245 Å². The second kappa shape index (κ2) is 23.9. The molecule has 3 N–H and O–H groups in total. The fourth-order valence-corrected chi connectivity index (χ4v) is 10.2. The number of pyridine rings is 1. The molecular formula is C68H60N4O7S. The highest BCUT2D eigenvalue weighted by Crippen LogP contribution is 2.38. The first-order valence-corrected chi connectivity index (χ1v) is 26.3. The molecule has 400 valence electrons. The van der Waals surface area contributed by atoms with Crippen LogP contribution in [0.25, 0.3) is 61.1 Å². The van der Waals surface area contributed by atoms with E-state index in [9.17, 15) is 30.0 Å². The predicted octanol–water partition coefficient (Wildman–Crippen LogP) is 14.0. The van der Waals surface area contributed by atoms with Gasteiger partial charge in [-0.1, -0.05) is 115 Å². The minimum absolute atomic E-state index is 0.103. The Morgan fingerprint density at radius 2 is 1.23 bits per heavy atom. The highest BCUT2D eigenvalue weighted by atomic mass is 32.1. The number of hydrogen-bond acceptors (Lipinski definition) is 7. The van der Waals surface area contributed by atoms with Crippen LogP contribution in [0, 0.1) is 20.8 Å². The van der Waals surface area contributed by atoms with E-state index < -0.39 is 23.4 Å². The van der Waals surface area contributed by atoms with Gasteiger partial charge in [-0.05, 0) is 161 Å². The van der Waals surface area contributed by atoms with Gasteiger partial charge in [0.05, 0.1) is 5.56 Å². The number of aromatic carboxylic acids is 2. The maximum Gasteiger partial charge on any atom is 0.339 e. The second-order valence-corrected chi connectivity index (χ2v) is 20.1. The highest BCUT2D eigenvalue weighted by molar-refractivity contribution is 7.80. The summed E-state index contributed by atoms with van der Waals surface area (Å²) in [6.45, 7) is 6.41. The zero-order valence-corrected chi connectivity index (χ0v) is 46.3. The SMILES string of the molecule is Cc1cc(C=Cc2ccc3cc(N(C)C)ccc3[n+]2C)c(C)n1-c1ccccc1.Cc1cccc(N(C)C(=S)Oc2ccc3ccccc3c2)c1.O=C(O)c1cc2ccccc2c(Cc2c(O)c(C(=O)O)cc3ccccc23)c1[O-]. The van der Waals surface area contributed by atoms with Crippen molar-refractivity contribution in [3.63, 3.8) is 0 Å². The molecule has 11 nitrogen and oxygen atoms in total. The molecule has 0 radical (unpaired) electrons. The van der Waals surface area contributed by atoms with Gasteiger partial charge in [-0.25, -0.2) is 9.59 Å². The number of aromatic hydroxyl groups is 1. The molecule has 2 aromatic heterocycles. The molecule has 0 spiro atoms. The molecule has 11 rings (SSSR count). The predicted molar refractivity (Wildman–Crippen MR) is 326 cm³/mol. The number of fused-ring (bicyclic) bond motifs is 4. The number of phenols is 1. The molecule has 11 aromatic rings. The Morgan fingerprint density at radius 3 is 1.89 bits per heavy atom. The summed E-state index contributed by atoms with van der Waals surface area (Å²) < 4.78 is 10.4. The molecule has 0 unspecified atom stereocenters. The van der Waals surface area contributed by atoms with E-state index in [0.29, 0.717) is 26.7 Å².